The minimum absolute atomic E-state index is 0.00115. The molecule has 2 aromatic heterocycles. The molecule has 1 amide bonds. The third-order valence-corrected chi connectivity index (χ3v) is 8.94. The maximum absolute atomic E-state index is 12.3. The molecular formula is C31H44N6O16. The molecule has 10 unspecified atom stereocenters. The van der Waals surface area contributed by atoms with Crippen LogP contribution in [0.4, 0.5) is 0 Å². The Balaban J connectivity index is 1.15. The van der Waals surface area contributed by atoms with Gasteiger partial charge >= 0.3 is 5.69 Å². The van der Waals surface area contributed by atoms with E-state index in [1.54, 1.807) is 6.20 Å². The zero-order chi connectivity index (χ0) is 38.4. The summed E-state index contributed by atoms with van der Waals surface area (Å²) in [6, 6.07) is -1.24. The summed E-state index contributed by atoms with van der Waals surface area (Å²) in [6.45, 7) is -0.585. The number of aromatic nitrogens is 5. The monoisotopic (exact) mass is 756 g/mol. The van der Waals surface area contributed by atoms with Crippen LogP contribution in [0.25, 0.3) is 0 Å². The smallest absolute Gasteiger partial charge is 0.330 e. The first kappa shape index (κ1) is 40.5. The average Bonchev–Trinajstić information content (AvgIpc) is 3.75. The number of aryl methyl sites for hydroxylation is 1. The maximum Gasteiger partial charge on any atom is 0.330 e. The summed E-state index contributed by atoms with van der Waals surface area (Å²) in [6.07, 6.45) is -12.9. The maximum atomic E-state index is 12.3. The van der Waals surface area contributed by atoms with Crippen molar-refractivity contribution in [3.63, 3.8) is 0 Å². The number of aliphatic hydroxyl groups excluding tert-OH is 8. The van der Waals surface area contributed by atoms with Crippen molar-refractivity contribution in [2.45, 2.75) is 113 Å². The van der Waals surface area contributed by atoms with Crippen LogP contribution in [0.5, 0.6) is 0 Å². The molecule has 0 aliphatic carbocycles. The quantitative estimate of drug-likeness (QED) is 0.0850. The highest BCUT2D eigenvalue weighted by atomic mass is 16.7. The topological polar surface area (TPSA) is 323 Å². The molecule has 3 saturated heterocycles. The molecule has 53 heavy (non-hydrogen) atoms. The summed E-state index contributed by atoms with van der Waals surface area (Å²) in [4.78, 5) is 38.8. The van der Waals surface area contributed by atoms with Gasteiger partial charge < -0.3 is 69.9 Å². The van der Waals surface area contributed by atoms with E-state index < -0.39 is 117 Å². The van der Waals surface area contributed by atoms with Gasteiger partial charge in [-0.25, -0.2) is 9.48 Å². The number of carbonyl (C=O) groups is 1. The van der Waals surface area contributed by atoms with E-state index in [-0.39, 0.29) is 31.6 Å². The zero-order valence-corrected chi connectivity index (χ0v) is 28.4. The molecule has 0 aromatic carbocycles. The lowest BCUT2D eigenvalue weighted by molar-refractivity contribution is -0.348. The first-order valence-corrected chi connectivity index (χ1v) is 16.8. The highest BCUT2D eigenvalue weighted by Crippen LogP contribution is 2.30. The molecule has 0 bridgehead atoms. The van der Waals surface area contributed by atoms with Gasteiger partial charge in [-0.15, -0.1) is 5.10 Å². The van der Waals surface area contributed by atoms with E-state index in [1.807, 2.05) is 0 Å². The van der Waals surface area contributed by atoms with Crippen LogP contribution in [0.1, 0.15) is 37.3 Å². The Morgan fingerprint density at radius 1 is 0.962 bits per heavy atom. The number of amides is 1. The van der Waals surface area contributed by atoms with Gasteiger partial charge in [-0.05, 0) is 0 Å². The fourth-order valence-corrected chi connectivity index (χ4v) is 6.11. The Kier molecular flexibility index (Phi) is 13.8. The average molecular weight is 757 g/mol. The highest BCUT2D eigenvalue weighted by molar-refractivity contribution is 5.73. The lowest BCUT2D eigenvalue weighted by Gasteiger charge is -2.47. The van der Waals surface area contributed by atoms with E-state index in [0.717, 1.165) is 4.57 Å². The number of nitrogens with one attached hydrogen (secondary N) is 2. The van der Waals surface area contributed by atoms with Gasteiger partial charge in [-0.3, -0.25) is 19.1 Å². The molecule has 2 aromatic rings. The van der Waals surface area contributed by atoms with Crippen LogP contribution in [-0.2, 0) is 41.4 Å². The molecule has 0 spiro atoms. The first-order chi connectivity index (χ1) is 25.3. The summed E-state index contributed by atoms with van der Waals surface area (Å²) < 4.78 is 30.7. The van der Waals surface area contributed by atoms with E-state index in [4.69, 9.17) is 23.7 Å². The minimum atomic E-state index is -1.80. The standard InChI is InChI=1S/C31H44N6O16/c1-14(41)32-22-24(44)27(53-30-26(46)25(45)23(43)19(12-39)51-30)20(13-40)52-29(22)49-7-6-36-10-16(34-35-36)5-3-2-4-15-9-37(31(48)33-28(15)47)21-8-17(42)18(11-38)50-21/h9-10,17-27,29-30,38-40,42-46H,3,5-8,11-13H2,1H3,(H,32,41)(H,33,47,48)/t17-,18-,19?,20?,21-,22?,23?,24?,25?,26?,27?,29?,30?/m1/s1. The van der Waals surface area contributed by atoms with Crippen molar-refractivity contribution in [1.29, 1.82) is 0 Å². The third-order valence-electron chi connectivity index (χ3n) is 8.94. The fraction of sp³-hybridized carbons (Fsp3) is 0.710. The van der Waals surface area contributed by atoms with E-state index in [0.29, 0.717) is 12.1 Å². The number of hydrogen-bond acceptors (Lipinski definition) is 18. The van der Waals surface area contributed by atoms with Gasteiger partial charge in [0.2, 0.25) is 5.91 Å². The van der Waals surface area contributed by atoms with Crippen LogP contribution in [-0.4, -0.2) is 171 Å². The van der Waals surface area contributed by atoms with Crippen LogP contribution in [0.15, 0.2) is 22.0 Å². The number of aromatic amines is 1. The second-order valence-electron chi connectivity index (χ2n) is 12.7. The number of rotatable bonds is 13. The molecule has 3 aliphatic heterocycles. The molecule has 3 fully saturated rings. The fourth-order valence-electron chi connectivity index (χ4n) is 6.11. The highest BCUT2D eigenvalue weighted by Gasteiger charge is 2.51. The summed E-state index contributed by atoms with van der Waals surface area (Å²) in [5, 5.41) is 91.3. The molecule has 0 radical (unpaired) electrons. The van der Waals surface area contributed by atoms with Crippen LogP contribution >= 0.6 is 0 Å². The van der Waals surface area contributed by atoms with Crippen molar-refractivity contribution in [2.24, 2.45) is 0 Å². The summed E-state index contributed by atoms with van der Waals surface area (Å²) in [7, 11) is 0. The minimum Gasteiger partial charge on any atom is -0.394 e. The van der Waals surface area contributed by atoms with Gasteiger partial charge in [0.1, 0.15) is 66.7 Å². The predicted molar refractivity (Wildman–Crippen MR) is 172 cm³/mol. The molecule has 10 N–H and O–H groups in total. The molecule has 294 valence electrons. The normalized spacial score (nSPS) is 34.4. The Morgan fingerprint density at radius 2 is 1.68 bits per heavy atom. The molecule has 5 rings (SSSR count). The van der Waals surface area contributed by atoms with Crippen molar-refractivity contribution >= 4 is 5.91 Å². The summed E-state index contributed by atoms with van der Waals surface area (Å²) in [5.74, 6) is 5.00. The number of H-pyrrole nitrogens is 1. The number of hydrogen-bond donors (Lipinski definition) is 10. The second-order valence-corrected chi connectivity index (χ2v) is 12.7. The van der Waals surface area contributed by atoms with Gasteiger partial charge in [-0.1, -0.05) is 17.1 Å². The SMILES string of the molecule is CC(=O)NC1C(OCCn2cc(CCC#Cc3cn([C@H]4C[C@@H](O)[C@@H](CO)O4)c(=O)[nH]c3=O)nn2)OC(CO)C(OC2OC(CO)C(O)C(O)C2O)C1O. The lowest BCUT2D eigenvalue weighted by Crippen LogP contribution is -2.67. The second kappa shape index (κ2) is 18.1. The molecular weight excluding hydrogens is 712 g/mol. The van der Waals surface area contributed by atoms with Gasteiger partial charge in [-0.2, -0.15) is 0 Å². The number of aliphatic hydroxyl groups is 8. The largest absolute Gasteiger partial charge is 0.394 e. The van der Waals surface area contributed by atoms with Crippen molar-refractivity contribution in [2.75, 3.05) is 26.4 Å². The molecule has 5 heterocycles. The number of carbonyl (C=O) groups excluding carboxylic acids is 1. The van der Waals surface area contributed by atoms with Crippen molar-refractivity contribution in [3.8, 4) is 11.8 Å². The first-order valence-electron chi connectivity index (χ1n) is 16.8. The van der Waals surface area contributed by atoms with Crippen molar-refractivity contribution in [1.82, 2.24) is 29.9 Å². The number of ether oxygens (including phenoxy) is 5. The Labute approximate surface area is 300 Å². The molecule has 13 atom stereocenters. The Bertz CT molecular complexity index is 1710. The van der Waals surface area contributed by atoms with Crippen LogP contribution in [0.2, 0.25) is 0 Å². The lowest BCUT2D eigenvalue weighted by atomic mass is 9.95. The van der Waals surface area contributed by atoms with E-state index in [1.165, 1.54) is 17.8 Å². The zero-order valence-electron chi connectivity index (χ0n) is 28.4. The number of nitrogens with zero attached hydrogens (tertiary/aromatic N) is 4. The third kappa shape index (κ3) is 9.53. The van der Waals surface area contributed by atoms with Gasteiger partial charge in [0.15, 0.2) is 12.6 Å². The molecule has 22 heteroatoms. The van der Waals surface area contributed by atoms with E-state index in [2.05, 4.69) is 32.5 Å². The van der Waals surface area contributed by atoms with Crippen molar-refractivity contribution < 1.29 is 69.3 Å². The molecule has 3 aliphatic rings. The predicted octanol–water partition coefficient (Wildman–Crippen LogP) is -6.46. The van der Waals surface area contributed by atoms with Gasteiger partial charge in [0, 0.05) is 38.6 Å². The molecule has 0 saturated carbocycles. The van der Waals surface area contributed by atoms with E-state index >= 15 is 0 Å². The van der Waals surface area contributed by atoms with Crippen molar-refractivity contribution in [3.05, 3.63) is 44.5 Å². The molecule has 22 nitrogen and oxygen atoms in total. The summed E-state index contributed by atoms with van der Waals surface area (Å²) >= 11 is 0. The Hall–Kier alpha value is -3.67. The van der Waals surface area contributed by atoms with E-state index in [9.17, 15) is 55.2 Å². The van der Waals surface area contributed by atoms with Crippen LogP contribution in [0, 0.1) is 11.8 Å². The summed E-state index contributed by atoms with van der Waals surface area (Å²) in [5.41, 5.74) is -0.888. The Morgan fingerprint density at radius 3 is 2.36 bits per heavy atom. The van der Waals surface area contributed by atoms with Gasteiger partial charge in [0.05, 0.1) is 44.8 Å². The van der Waals surface area contributed by atoms with Crippen LogP contribution in [0.3, 0.4) is 0 Å². The van der Waals surface area contributed by atoms with Gasteiger partial charge in [0.25, 0.3) is 5.56 Å². The van der Waals surface area contributed by atoms with Crippen LogP contribution < -0.4 is 16.6 Å².